The second kappa shape index (κ2) is 4.08. The van der Waals surface area contributed by atoms with Crippen LogP contribution < -0.4 is 4.72 Å². The molecule has 1 N–H and O–H groups in total. The van der Waals surface area contributed by atoms with Crippen molar-refractivity contribution in [3.05, 3.63) is 12.4 Å². The monoisotopic (exact) mass is 223 g/mol. The van der Waals surface area contributed by atoms with Crippen LogP contribution in [0.15, 0.2) is 17.3 Å². The Kier molecular flexibility index (Phi) is 3.29. The maximum Gasteiger partial charge on any atom is 0.243 e. The van der Waals surface area contributed by atoms with E-state index >= 15 is 0 Å². The summed E-state index contributed by atoms with van der Waals surface area (Å²) in [7, 11) is -1.77. The Bertz CT molecular complexity index is 373. The van der Waals surface area contributed by atoms with Crippen molar-refractivity contribution in [3.63, 3.8) is 0 Å². The number of nitrogens with zero attached hydrogens (tertiary/aromatic N) is 2. The maximum atomic E-state index is 11.4. The van der Waals surface area contributed by atoms with E-state index < -0.39 is 10.0 Å². The fourth-order valence-corrected chi connectivity index (χ4v) is 2.02. The number of alkyl halides is 1. The average Bonchev–Trinajstić information content (AvgIpc) is 2.49. The minimum absolute atomic E-state index is 0.153. The van der Waals surface area contributed by atoms with E-state index in [1.165, 1.54) is 17.1 Å². The molecule has 0 bridgehead atoms. The molecular formula is C6H10ClN3O2S. The van der Waals surface area contributed by atoms with Crippen molar-refractivity contribution in [3.8, 4) is 0 Å². The Hall–Kier alpha value is -0.590. The Morgan fingerprint density at radius 3 is 2.85 bits per heavy atom. The van der Waals surface area contributed by atoms with Crippen molar-refractivity contribution in [1.82, 2.24) is 14.5 Å². The molecule has 0 aromatic carbocycles. The van der Waals surface area contributed by atoms with E-state index in [1.54, 1.807) is 7.05 Å². The number of sulfonamides is 1. The lowest BCUT2D eigenvalue weighted by Crippen LogP contribution is -2.25. The summed E-state index contributed by atoms with van der Waals surface area (Å²) in [6, 6.07) is 0. The molecule has 0 saturated carbocycles. The van der Waals surface area contributed by atoms with Crippen LogP contribution in [0.5, 0.6) is 0 Å². The molecule has 1 rings (SSSR count). The summed E-state index contributed by atoms with van der Waals surface area (Å²) in [5, 5.41) is 3.76. The van der Waals surface area contributed by atoms with Crippen molar-refractivity contribution in [2.45, 2.75) is 4.90 Å². The highest BCUT2D eigenvalue weighted by atomic mass is 35.5. The standard InChI is InChI=1S/C6H10ClN3O2S/c1-10-5-6(4-8-10)13(11,12)9-3-2-7/h4-5,9H,2-3H2,1H3. The predicted molar refractivity (Wildman–Crippen MR) is 49.1 cm³/mol. The summed E-state index contributed by atoms with van der Waals surface area (Å²) in [5.74, 6) is 0.249. The topological polar surface area (TPSA) is 64.0 Å². The smallest absolute Gasteiger partial charge is 0.243 e. The molecule has 0 aliphatic rings. The zero-order valence-corrected chi connectivity index (χ0v) is 8.64. The van der Waals surface area contributed by atoms with E-state index in [1.807, 2.05) is 0 Å². The Morgan fingerprint density at radius 2 is 2.38 bits per heavy atom. The van der Waals surface area contributed by atoms with Crippen molar-refractivity contribution >= 4 is 21.6 Å². The van der Waals surface area contributed by atoms with Crippen LogP contribution in [0.2, 0.25) is 0 Å². The molecule has 0 fully saturated rings. The van der Waals surface area contributed by atoms with Crippen LogP contribution in [-0.4, -0.2) is 30.6 Å². The highest BCUT2D eigenvalue weighted by Crippen LogP contribution is 2.04. The molecular weight excluding hydrogens is 214 g/mol. The summed E-state index contributed by atoms with van der Waals surface area (Å²) in [4.78, 5) is 0.153. The van der Waals surface area contributed by atoms with E-state index in [0.717, 1.165) is 0 Å². The van der Waals surface area contributed by atoms with Gasteiger partial charge in [0.25, 0.3) is 0 Å². The van der Waals surface area contributed by atoms with Gasteiger partial charge in [-0.15, -0.1) is 11.6 Å². The maximum absolute atomic E-state index is 11.4. The van der Waals surface area contributed by atoms with E-state index in [2.05, 4.69) is 9.82 Å². The number of aryl methyl sites for hydroxylation is 1. The summed E-state index contributed by atoms with van der Waals surface area (Å²) in [5.41, 5.74) is 0. The van der Waals surface area contributed by atoms with Gasteiger partial charge in [-0.05, 0) is 0 Å². The van der Waals surface area contributed by atoms with Crippen LogP contribution in [0.25, 0.3) is 0 Å². The zero-order chi connectivity index (χ0) is 9.90. The Balaban J connectivity index is 2.82. The highest BCUT2D eigenvalue weighted by molar-refractivity contribution is 7.89. The molecule has 1 heterocycles. The molecule has 5 nitrogen and oxygen atoms in total. The van der Waals surface area contributed by atoms with Crippen LogP contribution in [0.4, 0.5) is 0 Å². The second-order valence-corrected chi connectivity index (χ2v) is 4.58. The van der Waals surface area contributed by atoms with Crippen molar-refractivity contribution in [2.75, 3.05) is 12.4 Å². The van der Waals surface area contributed by atoms with Gasteiger partial charge in [-0.1, -0.05) is 0 Å². The average molecular weight is 224 g/mol. The SMILES string of the molecule is Cn1cc(S(=O)(=O)NCCCl)cn1. The molecule has 1 aromatic rings. The molecule has 0 saturated heterocycles. The van der Waals surface area contributed by atoms with Gasteiger partial charge >= 0.3 is 0 Å². The summed E-state index contributed by atoms with van der Waals surface area (Å²) < 4.78 is 26.5. The van der Waals surface area contributed by atoms with Crippen LogP contribution in [0.1, 0.15) is 0 Å². The van der Waals surface area contributed by atoms with Crippen molar-refractivity contribution in [1.29, 1.82) is 0 Å². The normalized spacial score (nSPS) is 11.8. The second-order valence-electron chi connectivity index (χ2n) is 2.44. The largest absolute Gasteiger partial charge is 0.274 e. The number of rotatable bonds is 4. The van der Waals surface area contributed by atoms with E-state index in [-0.39, 0.29) is 17.3 Å². The third-order valence-electron chi connectivity index (χ3n) is 1.38. The van der Waals surface area contributed by atoms with Crippen molar-refractivity contribution < 1.29 is 8.42 Å². The molecule has 0 amide bonds. The number of hydrogen-bond donors (Lipinski definition) is 1. The molecule has 0 unspecified atom stereocenters. The number of aromatic nitrogens is 2. The number of nitrogens with one attached hydrogen (secondary N) is 1. The molecule has 0 radical (unpaired) electrons. The minimum atomic E-state index is -3.42. The fraction of sp³-hybridized carbons (Fsp3) is 0.500. The molecule has 0 atom stereocenters. The van der Waals surface area contributed by atoms with Gasteiger partial charge in [0.1, 0.15) is 4.90 Å². The Labute approximate surface area is 81.7 Å². The minimum Gasteiger partial charge on any atom is -0.274 e. The zero-order valence-electron chi connectivity index (χ0n) is 7.07. The van der Waals surface area contributed by atoms with Crippen LogP contribution >= 0.6 is 11.6 Å². The van der Waals surface area contributed by atoms with Gasteiger partial charge in [0, 0.05) is 25.7 Å². The molecule has 7 heteroatoms. The summed E-state index contributed by atoms with van der Waals surface area (Å²) in [6.07, 6.45) is 2.72. The lowest BCUT2D eigenvalue weighted by Gasteiger charge is -2.00. The van der Waals surface area contributed by atoms with E-state index in [9.17, 15) is 8.42 Å². The molecule has 0 aliphatic carbocycles. The van der Waals surface area contributed by atoms with Crippen molar-refractivity contribution in [2.24, 2.45) is 7.05 Å². The van der Waals surface area contributed by atoms with Gasteiger partial charge < -0.3 is 0 Å². The van der Waals surface area contributed by atoms with Crippen LogP contribution in [0, 0.1) is 0 Å². The predicted octanol–water partition coefficient (Wildman–Crippen LogP) is -0.0628. The van der Waals surface area contributed by atoms with Gasteiger partial charge in [-0.25, -0.2) is 13.1 Å². The quantitative estimate of drug-likeness (QED) is 0.728. The van der Waals surface area contributed by atoms with Gasteiger partial charge in [0.15, 0.2) is 0 Å². The lowest BCUT2D eigenvalue weighted by molar-refractivity contribution is 0.584. The third-order valence-corrected chi connectivity index (χ3v) is 2.98. The van der Waals surface area contributed by atoms with Gasteiger partial charge in [-0.2, -0.15) is 5.10 Å². The molecule has 0 spiro atoms. The summed E-state index contributed by atoms with van der Waals surface area (Å²) in [6.45, 7) is 0.221. The first kappa shape index (κ1) is 10.5. The van der Waals surface area contributed by atoms with Gasteiger partial charge in [0.05, 0.1) is 6.20 Å². The third kappa shape index (κ3) is 2.68. The van der Waals surface area contributed by atoms with Crippen LogP contribution in [0.3, 0.4) is 0 Å². The summed E-state index contributed by atoms with van der Waals surface area (Å²) >= 11 is 5.35. The van der Waals surface area contributed by atoms with E-state index in [4.69, 9.17) is 11.6 Å². The fourth-order valence-electron chi connectivity index (χ4n) is 0.794. The molecule has 0 aliphatic heterocycles. The first-order valence-corrected chi connectivity index (χ1v) is 5.62. The first-order valence-electron chi connectivity index (χ1n) is 3.60. The molecule has 74 valence electrons. The number of hydrogen-bond acceptors (Lipinski definition) is 3. The van der Waals surface area contributed by atoms with Crippen LogP contribution in [-0.2, 0) is 17.1 Å². The number of halogens is 1. The lowest BCUT2D eigenvalue weighted by atomic mass is 10.7. The first-order chi connectivity index (χ1) is 6.06. The van der Waals surface area contributed by atoms with Gasteiger partial charge in [0.2, 0.25) is 10.0 Å². The van der Waals surface area contributed by atoms with Gasteiger partial charge in [-0.3, -0.25) is 4.68 Å². The highest BCUT2D eigenvalue weighted by Gasteiger charge is 2.14. The molecule has 13 heavy (non-hydrogen) atoms. The molecule has 1 aromatic heterocycles. The van der Waals surface area contributed by atoms with E-state index in [0.29, 0.717) is 0 Å². The Morgan fingerprint density at radius 1 is 1.69 bits per heavy atom.